The lowest BCUT2D eigenvalue weighted by atomic mass is 10.1. The van der Waals surface area contributed by atoms with Crippen LogP contribution in [0.5, 0.6) is 0 Å². The first kappa shape index (κ1) is 14.9. The predicted octanol–water partition coefficient (Wildman–Crippen LogP) is 2.08. The Hall–Kier alpha value is -2.53. The van der Waals surface area contributed by atoms with Crippen molar-refractivity contribution in [2.24, 2.45) is 11.5 Å². The zero-order valence-corrected chi connectivity index (χ0v) is 11.8. The predicted molar refractivity (Wildman–Crippen MR) is 82.0 cm³/mol. The smallest absolute Gasteiger partial charge is 0.250 e. The summed E-state index contributed by atoms with van der Waals surface area (Å²) in [6.07, 6.45) is 0. The normalized spacial score (nSPS) is 11.7. The maximum atomic E-state index is 11.6. The molecule has 2 amide bonds. The molecule has 0 radical (unpaired) electrons. The van der Waals surface area contributed by atoms with E-state index in [4.69, 9.17) is 23.1 Å². The highest BCUT2D eigenvalue weighted by Gasteiger charge is 2.18. The second kappa shape index (κ2) is 6.28. The SMILES string of the molecule is NC(=O)c1ccc(N[C@H](C(N)=O)c2ccccc2)cc1Cl. The van der Waals surface area contributed by atoms with Crippen molar-refractivity contribution in [2.75, 3.05) is 5.32 Å². The molecule has 0 aromatic heterocycles. The first-order valence-corrected chi connectivity index (χ1v) is 6.57. The molecule has 2 rings (SSSR count). The van der Waals surface area contributed by atoms with Crippen LogP contribution in [0, 0.1) is 0 Å². The fraction of sp³-hybridized carbons (Fsp3) is 0.0667. The molecule has 0 bridgehead atoms. The van der Waals surface area contributed by atoms with Gasteiger partial charge < -0.3 is 16.8 Å². The molecule has 0 aliphatic rings. The Kier molecular flexibility index (Phi) is 4.45. The number of amides is 2. The number of carbonyl (C=O) groups excluding carboxylic acids is 2. The Morgan fingerprint density at radius 2 is 1.71 bits per heavy atom. The number of nitrogens with one attached hydrogen (secondary N) is 1. The summed E-state index contributed by atoms with van der Waals surface area (Å²) in [6.45, 7) is 0. The Labute approximate surface area is 126 Å². The highest BCUT2D eigenvalue weighted by atomic mass is 35.5. The fourth-order valence-corrected chi connectivity index (χ4v) is 2.21. The number of halogens is 1. The van der Waals surface area contributed by atoms with Crippen LogP contribution < -0.4 is 16.8 Å². The molecule has 0 saturated carbocycles. The first-order valence-electron chi connectivity index (χ1n) is 6.19. The van der Waals surface area contributed by atoms with E-state index in [1.807, 2.05) is 18.2 Å². The van der Waals surface area contributed by atoms with Crippen molar-refractivity contribution < 1.29 is 9.59 Å². The largest absolute Gasteiger partial charge is 0.370 e. The third-order valence-corrected chi connectivity index (χ3v) is 3.28. The molecule has 5 N–H and O–H groups in total. The summed E-state index contributed by atoms with van der Waals surface area (Å²) in [7, 11) is 0. The summed E-state index contributed by atoms with van der Waals surface area (Å²) >= 11 is 5.98. The lowest BCUT2D eigenvalue weighted by molar-refractivity contribution is -0.118. The molecule has 0 heterocycles. The standard InChI is InChI=1S/C15H14ClN3O2/c16-12-8-10(6-7-11(12)14(17)20)19-13(15(18)21)9-4-2-1-3-5-9/h1-8,13,19H,(H2,17,20)(H2,18,21)/t13-/m0/s1. The van der Waals surface area contributed by atoms with Crippen molar-refractivity contribution in [3.05, 3.63) is 64.7 Å². The summed E-state index contributed by atoms with van der Waals surface area (Å²) in [5.74, 6) is -1.13. The molecule has 0 aliphatic heterocycles. The van der Waals surface area contributed by atoms with E-state index in [0.717, 1.165) is 5.56 Å². The lowest BCUT2D eigenvalue weighted by Gasteiger charge is -2.17. The zero-order chi connectivity index (χ0) is 15.4. The van der Waals surface area contributed by atoms with E-state index in [9.17, 15) is 9.59 Å². The average molecular weight is 304 g/mol. The summed E-state index contributed by atoms with van der Waals surface area (Å²) in [5.41, 5.74) is 12.1. The van der Waals surface area contributed by atoms with Gasteiger partial charge in [0.25, 0.3) is 0 Å². The zero-order valence-electron chi connectivity index (χ0n) is 11.0. The van der Waals surface area contributed by atoms with Crippen LogP contribution in [0.1, 0.15) is 22.0 Å². The second-order valence-corrected chi connectivity index (χ2v) is 4.86. The van der Waals surface area contributed by atoms with E-state index < -0.39 is 17.9 Å². The summed E-state index contributed by atoms with van der Waals surface area (Å²) in [5, 5.41) is 3.20. The maximum absolute atomic E-state index is 11.6. The Morgan fingerprint density at radius 1 is 1.05 bits per heavy atom. The van der Waals surface area contributed by atoms with Crippen LogP contribution in [-0.2, 0) is 4.79 Å². The van der Waals surface area contributed by atoms with Gasteiger partial charge in [0.05, 0.1) is 10.6 Å². The van der Waals surface area contributed by atoms with Crippen molar-refractivity contribution in [1.29, 1.82) is 0 Å². The van der Waals surface area contributed by atoms with Gasteiger partial charge in [-0.1, -0.05) is 41.9 Å². The van der Waals surface area contributed by atoms with Gasteiger partial charge in [-0.2, -0.15) is 0 Å². The van der Waals surface area contributed by atoms with Gasteiger partial charge in [0, 0.05) is 5.69 Å². The molecule has 0 fully saturated rings. The molecule has 1 atom stereocenters. The fourth-order valence-electron chi connectivity index (χ4n) is 1.94. The third-order valence-electron chi connectivity index (χ3n) is 2.96. The minimum absolute atomic E-state index is 0.212. The average Bonchev–Trinajstić information content (AvgIpc) is 2.45. The molecule has 5 nitrogen and oxygen atoms in total. The first-order chi connectivity index (χ1) is 9.99. The number of rotatable bonds is 5. The number of nitrogens with two attached hydrogens (primary N) is 2. The Morgan fingerprint density at radius 3 is 2.24 bits per heavy atom. The number of benzene rings is 2. The van der Waals surface area contributed by atoms with E-state index in [-0.39, 0.29) is 10.6 Å². The monoisotopic (exact) mass is 303 g/mol. The van der Waals surface area contributed by atoms with Crippen LogP contribution >= 0.6 is 11.6 Å². The van der Waals surface area contributed by atoms with Crippen LogP contribution in [0.2, 0.25) is 5.02 Å². The molecule has 6 heteroatoms. The van der Waals surface area contributed by atoms with Gasteiger partial charge in [-0.3, -0.25) is 9.59 Å². The number of hydrogen-bond donors (Lipinski definition) is 3. The molecule has 108 valence electrons. The minimum atomic E-state index is -0.693. The van der Waals surface area contributed by atoms with Gasteiger partial charge in [-0.25, -0.2) is 0 Å². The third kappa shape index (κ3) is 3.52. The van der Waals surface area contributed by atoms with Crippen LogP contribution in [-0.4, -0.2) is 11.8 Å². The molecular weight excluding hydrogens is 290 g/mol. The summed E-state index contributed by atoms with van der Waals surface area (Å²) in [4.78, 5) is 22.7. The topological polar surface area (TPSA) is 98.2 Å². The molecule has 0 aliphatic carbocycles. The van der Waals surface area contributed by atoms with Gasteiger partial charge in [-0.05, 0) is 23.8 Å². The van der Waals surface area contributed by atoms with Gasteiger partial charge in [0.1, 0.15) is 6.04 Å². The van der Waals surface area contributed by atoms with Crippen molar-refractivity contribution in [1.82, 2.24) is 0 Å². The number of anilines is 1. The second-order valence-electron chi connectivity index (χ2n) is 4.45. The van der Waals surface area contributed by atoms with E-state index in [1.165, 1.54) is 12.1 Å². The number of primary amides is 2. The highest BCUT2D eigenvalue weighted by molar-refractivity contribution is 6.34. The minimum Gasteiger partial charge on any atom is -0.370 e. The maximum Gasteiger partial charge on any atom is 0.250 e. The lowest BCUT2D eigenvalue weighted by Crippen LogP contribution is -2.27. The summed E-state index contributed by atoms with van der Waals surface area (Å²) in [6, 6.07) is 13.0. The van der Waals surface area contributed by atoms with E-state index in [2.05, 4.69) is 5.32 Å². The van der Waals surface area contributed by atoms with Crippen molar-refractivity contribution in [2.45, 2.75) is 6.04 Å². The van der Waals surface area contributed by atoms with Gasteiger partial charge in [-0.15, -0.1) is 0 Å². The van der Waals surface area contributed by atoms with Crippen molar-refractivity contribution >= 4 is 29.1 Å². The number of hydrogen-bond acceptors (Lipinski definition) is 3. The van der Waals surface area contributed by atoms with Crippen molar-refractivity contribution in [3.8, 4) is 0 Å². The van der Waals surface area contributed by atoms with Gasteiger partial charge in [0.2, 0.25) is 11.8 Å². The molecule has 0 saturated heterocycles. The van der Waals surface area contributed by atoms with E-state index >= 15 is 0 Å². The molecular formula is C15H14ClN3O2. The van der Waals surface area contributed by atoms with Crippen LogP contribution in [0.15, 0.2) is 48.5 Å². The van der Waals surface area contributed by atoms with Gasteiger partial charge in [0.15, 0.2) is 0 Å². The van der Waals surface area contributed by atoms with Crippen LogP contribution in [0.3, 0.4) is 0 Å². The molecule has 0 spiro atoms. The summed E-state index contributed by atoms with van der Waals surface area (Å²) < 4.78 is 0. The molecule has 2 aromatic rings. The quantitative estimate of drug-likeness (QED) is 0.788. The molecule has 21 heavy (non-hydrogen) atoms. The van der Waals surface area contributed by atoms with Gasteiger partial charge >= 0.3 is 0 Å². The van der Waals surface area contributed by atoms with E-state index in [0.29, 0.717) is 5.69 Å². The molecule has 0 unspecified atom stereocenters. The number of carbonyl (C=O) groups is 2. The van der Waals surface area contributed by atoms with E-state index in [1.54, 1.807) is 18.2 Å². The highest BCUT2D eigenvalue weighted by Crippen LogP contribution is 2.24. The Bertz CT molecular complexity index is 674. The van der Waals surface area contributed by atoms with Crippen LogP contribution in [0.4, 0.5) is 5.69 Å². The van der Waals surface area contributed by atoms with Crippen molar-refractivity contribution in [3.63, 3.8) is 0 Å². The molecule has 2 aromatic carbocycles. The Balaban J connectivity index is 2.28. The van der Waals surface area contributed by atoms with Crippen LogP contribution in [0.25, 0.3) is 0 Å².